The molecule has 3 N–H and O–H groups in total. The van der Waals surface area contributed by atoms with Crippen LogP contribution in [0.4, 0.5) is 0 Å². The number of hydrogen-bond donors (Lipinski definition) is 2. The average Bonchev–Trinajstić information content (AvgIpc) is 3.07. The minimum absolute atomic E-state index is 0.0381. The predicted molar refractivity (Wildman–Crippen MR) is 75.1 cm³/mol. The van der Waals surface area contributed by atoms with E-state index in [-0.39, 0.29) is 5.91 Å². The molecule has 0 spiro atoms. The molecule has 6 nitrogen and oxygen atoms in total. The Morgan fingerprint density at radius 1 is 1.35 bits per heavy atom. The Kier molecular flexibility index (Phi) is 3.40. The summed E-state index contributed by atoms with van der Waals surface area (Å²) < 4.78 is 1.93. The quantitative estimate of drug-likeness (QED) is 0.857. The third-order valence-corrected chi connectivity index (χ3v) is 3.97. The van der Waals surface area contributed by atoms with Gasteiger partial charge in [-0.1, -0.05) is 18.9 Å². The maximum atomic E-state index is 12.1. The summed E-state index contributed by atoms with van der Waals surface area (Å²) in [5, 5.41) is 11.1. The summed E-state index contributed by atoms with van der Waals surface area (Å²) in [6.45, 7) is 0.535. The van der Waals surface area contributed by atoms with Crippen LogP contribution in [0.1, 0.15) is 31.5 Å². The molecular formula is C14H19N5O. The summed E-state index contributed by atoms with van der Waals surface area (Å²) in [7, 11) is 0. The van der Waals surface area contributed by atoms with Crippen LogP contribution in [0, 0.1) is 0 Å². The number of fused-ring (bicyclic) bond motifs is 1. The number of pyridine rings is 1. The summed E-state index contributed by atoms with van der Waals surface area (Å²) in [5.41, 5.74) is 6.27. The van der Waals surface area contributed by atoms with Crippen molar-refractivity contribution < 1.29 is 4.79 Å². The third-order valence-electron chi connectivity index (χ3n) is 3.97. The van der Waals surface area contributed by atoms with E-state index in [2.05, 4.69) is 15.5 Å². The smallest absolute Gasteiger partial charge is 0.240 e. The van der Waals surface area contributed by atoms with E-state index in [1.54, 1.807) is 0 Å². The maximum Gasteiger partial charge on any atom is 0.240 e. The lowest BCUT2D eigenvalue weighted by Gasteiger charge is -2.22. The fraction of sp³-hybridized carbons (Fsp3) is 0.500. The minimum Gasteiger partial charge on any atom is -0.354 e. The molecule has 106 valence electrons. The molecule has 2 heterocycles. The second-order valence-corrected chi connectivity index (χ2v) is 5.41. The molecule has 20 heavy (non-hydrogen) atoms. The Balaban J connectivity index is 1.59. The first-order valence-corrected chi connectivity index (χ1v) is 7.05. The van der Waals surface area contributed by atoms with Gasteiger partial charge in [0.05, 0.1) is 5.54 Å². The van der Waals surface area contributed by atoms with Gasteiger partial charge in [-0.15, -0.1) is 10.2 Å². The van der Waals surface area contributed by atoms with E-state index in [1.165, 1.54) is 0 Å². The molecule has 0 atom stereocenters. The zero-order valence-electron chi connectivity index (χ0n) is 11.4. The van der Waals surface area contributed by atoms with Crippen LogP contribution in [0.5, 0.6) is 0 Å². The molecule has 3 rings (SSSR count). The fourth-order valence-corrected chi connectivity index (χ4v) is 2.76. The lowest BCUT2D eigenvalue weighted by atomic mass is 9.98. The zero-order valence-corrected chi connectivity index (χ0v) is 11.4. The van der Waals surface area contributed by atoms with E-state index in [0.29, 0.717) is 13.0 Å². The van der Waals surface area contributed by atoms with Gasteiger partial charge in [-0.3, -0.25) is 9.20 Å². The van der Waals surface area contributed by atoms with Crippen molar-refractivity contribution in [1.82, 2.24) is 19.9 Å². The van der Waals surface area contributed by atoms with Gasteiger partial charge in [-0.2, -0.15) is 0 Å². The average molecular weight is 273 g/mol. The maximum absolute atomic E-state index is 12.1. The highest BCUT2D eigenvalue weighted by Crippen LogP contribution is 2.27. The number of aromatic nitrogens is 3. The van der Waals surface area contributed by atoms with E-state index in [0.717, 1.165) is 37.2 Å². The molecule has 1 saturated carbocycles. The molecule has 0 bridgehead atoms. The zero-order chi connectivity index (χ0) is 14.0. The van der Waals surface area contributed by atoms with E-state index < -0.39 is 5.54 Å². The number of carbonyl (C=O) groups excluding carboxylic acids is 1. The lowest BCUT2D eigenvalue weighted by molar-refractivity contribution is -0.126. The van der Waals surface area contributed by atoms with Gasteiger partial charge in [0.25, 0.3) is 0 Å². The summed E-state index contributed by atoms with van der Waals surface area (Å²) in [4.78, 5) is 12.1. The standard InChI is InChI=1S/C14H19N5O/c15-14(7-2-3-8-14)13(20)16-9-6-12-18-17-11-5-1-4-10-19(11)12/h1,4-5,10H,2-3,6-9,15H2,(H,16,20). The topological polar surface area (TPSA) is 85.3 Å². The highest BCUT2D eigenvalue weighted by atomic mass is 16.2. The molecule has 0 unspecified atom stereocenters. The van der Waals surface area contributed by atoms with Crippen LogP contribution >= 0.6 is 0 Å². The fourth-order valence-electron chi connectivity index (χ4n) is 2.76. The molecule has 6 heteroatoms. The van der Waals surface area contributed by atoms with Crippen LogP contribution in [-0.2, 0) is 11.2 Å². The largest absolute Gasteiger partial charge is 0.354 e. The molecule has 0 aromatic carbocycles. The monoisotopic (exact) mass is 273 g/mol. The number of nitrogens with two attached hydrogens (primary N) is 1. The van der Waals surface area contributed by atoms with Crippen molar-refractivity contribution in [3.63, 3.8) is 0 Å². The number of rotatable bonds is 4. The normalized spacial score (nSPS) is 17.4. The highest BCUT2D eigenvalue weighted by Gasteiger charge is 2.36. The van der Waals surface area contributed by atoms with Crippen molar-refractivity contribution in [2.45, 2.75) is 37.6 Å². The van der Waals surface area contributed by atoms with Crippen LogP contribution in [0.25, 0.3) is 5.65 Å². The number of hydrogen-bond acceptors (Lipinski definition) is 4. The first-order chi connectivity index (χ1) is 9.69. The number of nitrogens with one attached hydrogen (secondary N) is 1. The molecular weight excluding hydrogens is 254 g/mol. The van der Waals surface area contributed by atoms with Gasteiger partial charge in [-0.05, 0) is 25.0 Å². The van der Waals surface area contributed by atoms with Gasteiger partial charge >= 0.3 is 0 Å². The van der Waals surface area contributed by atoms with Crippen molar-refractivity contribution in [3.8, 4) is 0 Å². The van der Waals surface area contributed by atoms with Crippen molar-refractivity contribution >= 4 is 11.6 Å². The SMILES string of the molecule is NC1(C(=O)NCCc2nnc3ccccn23)CCCC1. The van der Waals surface area contributed by atoms with Crippen LogP contribution in [-0.4, -0.2) is 32.6 Å². The minimum atomic E-state index is -0.660. The van der Waals surface area contributed by atoms with Gasteiger partial charge in [0.1, 0.15) is 5.82 Å². The molecule has 1 aliphatic carbocycles. The predicted octanol–water partition coefficient (Wildman–Crippen LogP) is 0.659. The molecule has 1 amide bonds. The summed E-state index contributed by atoms with van der Waals surface area (Å²) in [6, 6.07) is 5.77. The Morgan fingerprint density at radius 3 is 2.95 bits per heavy atom. The number of amides is 1. The van der Waals surface area contributed by atoms with Gasteiger partial charge < -0.3 is 11.1 Å². The summed E-state index contributed by atoms with van der Waals surface area (Å²) >= 11 is 0. The first-order valence-electron chi connectivity index (χ1n) is 7.05. The second kappa shape index (κ2) is 5.20. The molecule has 2 aromatic rings. The lowest BCUT2D eigenvalue weighted by Crippen LogP contribution is -2.52. The van der Waals surface area contributed by atoms with Gasteiger partial charge in [-0.25, -0.2) is 0 Å². The van der Waals surface area contributed by atoms with Crippen LogP contribution in [0.15, 0.2) is 24.4 Å². The van der Waals surface area contributed by atoms with Crippen LogP contribution in [0.2, 0.25) is 0 Å². The molecule has 1 aliphatic rings. The summed E-state index contributed by atoms with van der Waals surface area (Å²) in [6.07, 6.45) is 6.22. The number of carbonyl (C=O) groups is 1. The molecule has 0 aliphatic heterocycles. The van der Waals surface area contributed by atoms with Crippen molar-refractivity contribution in [2.24, 2.45) is 5.73 Å². The molecule has 2 aromatic heterocycles. The molecule has 0 saturated heterocycles. The van der Waals surface area contributed by atoms with E-state index >= 15 is 0 Å². The van der Waals surface area contributed by atoms with Gasteiger partial charge in [0.15, 0.2) is 5.65 Å². The van der Waals surface area contributed by atoms with Crippen molar-refractivity contribution in [1.29, 1.82) is 0 Å². The van der Waals surface area contributed by atoms with E-state index in [1.807, 2.05) is 28.8 Å². The van der Waals surface area contributed by atoms with Crippen molar-refractivity contribution in [2.75, 3.05) is 6.54 Å². The second-order valence-electron chi connectivity index (χ2n) is 5.41. The Labute approximate surface area is 117 Å². The number of nitrogens with zero attached hydrogens (tertiary/aromatic N) is 3. The summed E-state index contributed by atoms with van der Waals surface area (Å²) in [5.74, 6) is 0.808. The van der Waals surface area contributed by atoms with Crippen LogP contribution < -0.4 is 11.1 Å². The Hall–Kier alpha value is -1.95. The third kappa shape index (κ3) is 2.38. The first kappa shape index (κ1) is 13.1. The van der Waals surface area contributed by atoms with E-state index in [9.17, 15) is 4.79 Å². The van der Waals surface area contributed by atoms with Crippen LogP contribution in [0.3, 0.4) is 0 Å². The highest BCUT2D eigenvalue weighted by molar-refractivity contribution is 5.86. The van der Waals surface area contributed by atoms with E-state index in [4.69, 9.17) is 5.73 Å². The molecule has 0 radical (unpaired) electrons. The Morgan fingerprint density at radius 2 is 2.15 bits per heavy atom. The van der Waals surface area contributed by atoms with Crippen molar-refractivity contribution in [3.05, 3.63) is 30.2 Å². The van der Waals surface area contributed by atoms with Gasteiger partial charge in [0, 0.05) is 19.2 Å². The van der Waals surface area contributed by atoms with Gasteiger partial charge in [0.2, 0.25) is 5.91 Å². The Bertz CT molecular complexity index is 615. The molecule has 1 fully saturated rings.